The van der Waals surface area contributed by atoms with E-state index in [1.54, 1.807) is 30.3 Å². The van der Waals surface area contributed by atoms with Crippen LogP contribution in [-0.2, 0) is 4.74 Å². The summed E-state index contributed by atoms with van der Waals surface area (Å²) in [5.41, 5.74) is 0.465. The Balaban J connectivity index is 2.43. The Kier molecular flexibility index (Phi) is 4.80. The van der Waals surface area contributed by atoms with Crippen molar-refractivity contribution in [2.24, 2.45) is 5.92 Å². The number of esters is 1. The normalized spacial score (nSPS) is 10.3. The van der Waals surface area contributed by atoms with Gasteiger partial charge in [-0.05, 0) is 12.1 Å². The molecule has 0 spiro atoms. The van der Waals surface area contributed by atoms with E-state index in [4.69, 9.17) is 14.9 Å². The number of aliphatic hydroxyl groups is 2. The van der Waals surface area contributed by atoms with E-state index in [2.05, 4.69) is 0 Å². The van der Waals surface area contributed by atoms with Crippen molar-refractivity contribution in [3.63, 3.8) is 0 Å². The Morgan fingerprint density at radius 2 is 1.80 bits per heavy atom. The molecule has 0 aromatic heterocycles. The van der Waals surface area contributed by atoms with Crippen molar-refractivity contribution in [3.05, 3.63) is 35.9 Å². The molecular formula is C11H14O4. The standard InChI is InChI=1S/C11H14O4/c12-6-9(7-13)8-15-11(14)10-4-2-1-3-5-10/h1-5,9,12-13H,6-8H2. The number of carbonyl (C=O) groups excluding carboxylic acids is 1. The predicted molar refractivity (Wildman–Crippen MR) is 54.4 cm³/mol. The summed E-state index contributed by atoms with van der Waals surface area (Å²) in [5, 5.41) is 17.5. The van der Waals surface area contributed by atoms with E-state index in [1.807, 2.05) is 0 Å². The second kappa shape index (κ2) is 6.16. The van der Waals surface area contributed by atoms with Gasteiger partial charge in [-0.15, -0.1) is 0 Å². The Morgan fingerprint density at radius 3 is 2.33 bits per heavy atom. The van der Waals surface area contributed by atoms with Crippen molar-refractivity contribution in [1.82, 2.24) is 0 Å². The van der Waals surface area contributed by atoms with Gasteiger partial charge >= 0.3 is 5.97 Å². The molecule has 2 N–H and O–H groups in total. The summed E-state index contributed by atoms with van der Waals surface area (Å²) in [7, 11) is 0. The molecule has 0 fully saturated rings. The molecule has 0 aliphatic carbocycles. The number of benzene rings is 1. The average molecular weight is 210 g/mol. The first-order valence-corrected chi connectivity index (χ1v) is 4.71. The van der Waals surface area contributed by atoms with Crippen LogP contribution in [0.3, 0.4) is 0 Å². The van der Waals surface area contributed by atoms with Gasteiger partial charge in [-0.1, -0.05) is 18.2 Å². The molecule has 15 heavy (non-hydrogen) atoms. The highest BCUT2D eigenvalue weighted by Crippen LogP contribution is 2.03. The van der Waals surface area contributed by atoms with Gasteiger partial charge in [0.1, 0.15) is 0 Å². The van der Waals surface area contributed by atoms with Gasteiger partial charge < -0.3 is 14.9 Å². The van der Waals surface area contributed by atoms with Crippen LogP contribution in [0.4, 0.5) is 0 Å². The fourth-order valence-corrected chi connectivity index (χ4v) is 1.01. The molecule has 0 aliphatic rings. The molecule has 0 atom stereocenters. The zero-order chi connectivity index (χ0) is 11.1. The third-order valence-corrected chi connectivity index (χ3v) is 1.98. The number of rotatable bonds is 5. The summed E-state index contributed by atoms with van der Waals surface area (Å²) in [4.78, 5) is 11.4. The lowest BCUT2D eigenvalue weighted by Gasteiger charge is -2.11. The first kappa shape index (κ1) is 11.7. The van der Waals surface area contributed by atoms with Gasteiger partial charge in [0.05, 0.1) is 25.4 Å². The smallest absolute Gasteiger partial charge is 0.338 e. The minimum atomic E-state index is -0.442. The maximum atomic E-state index is 11.4. The molecule has 0 unspecified atom stereocenters. The van der Waals surface area contributed by atoms with E-state index in [-0.39, 0.29) is 19.8 Å². The zero-order valence-electron chi connectivity index (χ0n) is 8.30. The molecule has 1 aromatic rings. The lowest BCUT2D eigenvalue weighted by molar-refractivity contribution is 0.0304. The molecule has 0 bridgehead atoms. The van der Waals surface area contributed by atoms with Crippen LogP contribution < -0.4 is 0 Å². The van der Waals surface area contributed by atoms with E-state index in [0.29, 0.717) is 5.56 Å². The fraction of sp³-hybridized carbons (Fsp3) is 0.364. The Bertz CT molecular complexity index is 293. The lowest BCUT2D eigenvalue weighted by Crippen LogP contribution is -2.20. The van der Waals surface area contributed by atoms with Crippen LogP contribution in [0.1, 0.15) is 10.4 Å². The summed E-state index contributed by atoms with van der Waals surface area (Å²) >= 11 is 0. The van der Waals surface area contributed by atoms with E-state index < -0.39 is 11.9 Å². The third-order valence-electron chi connectivity index (χ3n) is 1.98. The van der Waals surface area contributed by atoms with Gasteiger partial charge in [0.25, 0.3) is 0 Å². The molecule has 0 amide bonds. The molecule has 4 nitrogen and oxygen atoms in total. The van der Waals surface area contributed by atoms with Gasteiger partial charge in [0.15, 0.2) is 0 Å². The van der Waals surface area contributed by atoms with Crippen LogP contribution in [0.15, 0.2) is 30.3 Å². The highest BCUT2D eigenvalue weighted by molar-refractivity contribution is 5.89. The van der Waals surface area contributed by atoms with Gasteiger partial charge in [-0.3, -0.25) is 0 Å². The molecule has 0 saturated carbocycles. The van der Waals surface area contributed by atoms with Crippen LogP contribution in [0.2, 0.25) is 0 Å². The van der Waals surface area contributed by atoms with E-state index >= 15 is 0 Å². The van der Waals surface area contributed by atoms with Crippen LogP contribution in [0, 0.1) is 5.92 Å². The Labute approximate surface area is 88.1 Å². The number of carbonyl (C=O) groups is 1. The van der Waals surface area contributed by atoms with Crippen LogP contribution >= 0.6 is 0 Å². The molecule has 4 heteroatoms. The first-order valence-electron chi connectivity index (χ1n) is 4.71. The molecule has 82 valence electrons. The van der Waals surface area contributed by atoms with E-state index in [0.717, 1.165) is 0 Å². The third kappa shape index (κ3) is 3.69. The summed E-state index contributed by atoms with van der Waals surface area (Å²) < 4.78 is 4.91. The van der Waals surface area contributed by atoms with Crippen molar-refractivity contribution in [1.29, 1.82) is 0 Å². The summed E-state index contributed by atoms with van der Waals surface area (Å²) in [6.07, 6.45) is 0. The minimum Gasteiger partial charge on any atom is -0.462 e. The SMILES string of the molecule is O=C(OCC(CO)CO)c1ccccc1. The summed E-state index contributed by atoms with van der Waals surface area (Å²) in [5.74, 6) is -0.847. The minimum absolute atomic E-state index is 0.0285. The lowest BCUT2D eigenvalue weighted by atomic mass is 10.2. The van der Waals surface area contributed by atoms with Crippen molar-refractivity contribution in [2.45, 2.75) is 0 Å². The number of aliphatic hydroxyl groups excluding tert-OH is 2. The van der Waals surface area contributed by atoms with Crippen LogP contribution in [-0.4, -0.2) is 36.0 Å². The van der Waals surface area contributed by atoms with Gasteiger partial charge in [-0.2, -0.15) is 0 Å². The molecule has 0 heterocycles. The van der Waals surface area contributed by atoms with E-state index in [9.17, 15) is 4.79 Å². The Morgan fingerprint density at radius 1 is 1.20 bits per heavy atom. The zero-order valence-corrected chi connectivity index (χ0v) is 8.30. The number of hydrogen-bond acceptors (Lipinski definition) is 4. The largest absolute Gasteiger partial charge is 0.462 e. The fourth-order valence-electron chi connectivity index (χ4n) is 1.01. The maximum absolute atomic E-state index is 11.4. The predicted octanol–water partition coefficient (Wildman–Crippen LogP) is 0.444. The maximum Gasteiger partial charge on any atom is 0.338 e. The molecular weight excluding hydrogens is 196 g/mol. The van der Waals surface area contributed by atoms with Gasteiger partial charge in [-0.25, -0.2) is 4.79 Å². The average Bonchev–Trinajstić information content (AvgIpc) is 2.31. The number of hydrogen-bond donors (Lipinski definition) is 2. The summed E-state index contributed by atoms with van der Waals surface area (Å²) in [6.45, 7) is -0.363. The van der Waals surface area contributed by atoms with Crippen molar-refractivity contribution in [3.8, 4) is 0 Å². The Hall–Kier alpha value is -1.39. The second-order valence-corrected chi connectivity index (χ2v) is 3.20. The summed E-state index contributed by atoms with van der Waals surface area (Å²) in [6, 6.07) is 8.59. The topological polar surface area (TPSA) is 66.8 Å². The number of ether oxygens (including phenoxy) is 1. The monoisotopic (exact) mass is 210 g/mol. The van der Waals surface area contributed by atoms with Crippen molar-refractivity contribution < 1.29 is 19.7 Å². The molecule has 0 saturated heterocycles. The highest BCUT2D eigenvalue weighted by Gasteiger charge is 2.11. The van der Waals surface area contributed by atoms with Gasteiger partial charge in [0, 0.05) is 5.92 Å². The molecule has 1 rings (SSSR count). The molecule has 0 radical (unpaired) electrons. The van der Waals surface area contributed by atoms with Crippen molar-refractivity contribution in [2.75, 3.05) is 19.8 Å². The van der Waals surface area contributed by atoms with E-state index in [1.165, 1.54) is 0 Å². The second-order valence-electron chi connectivity index (χ2n) is 3.20. The highest BCUT2D eigenvalue weighted by atomic mass is 16.5. The van der Waals surface area contributed by atoms with Crippen molar-refractivity contribution >= 4 is 5.97 Å². The van der Waals surface area contributed by atoms with Crippen LogP contribution in [0.25, 0.3) is 0 Å². The van der Waals surface area contributed by atoms with Crippen LogP contribution in [0.5, 0.6) is 0 Å². The molecule has 0 aliphatic heterocycles. The molecule has 1 aromatic carbocycles. The first-order chi connectivity index (χ1) is 7.27. The van der Waals surface area contributed by atoms with Gasteiger partial charge in [0.2, 0.25) is 0 Å². The quantitative estimate of drug-likeness (QED) is 0.692.